The average Bonchev–Trinajstić information content (AvgIpc) is 2.79. The van der Waals surface area contributed by atoms with E-state index in [1.54, 1.807) is 18.3 Å². The smallest absolute Gasteiger partial charge is 0.243 e. The topological polar surface area (TPSA) is 88.2 Å². The molecule has 4 rings (SSSR count). The van der Waals surface area contributed by atoms with E-state index in [1.807, 2.05) is 42.5 Å². The highest BCUT2D eigenvalue weighted by atomic mass is 32.2. The minimum atomic E-state index is -3.97. The zero-order valence-electron chi connectivity index (χ0n) is 17.3. The van der Waals surface area contributed by atoms with Crippen LogP contribution in [0.1, 0.15) is 37.7 Å². The van der Waals surface area contributed by atoms with E-state index in [9.17, 15) is 13.2 Å². The highest BCUT2D eigenvalue weighted by Crippen LogP contribution is 2.22. The molecule has 1 heterocycles. The molecule has 0 unspecified atom stereocenters. The largest absolute Gasteiger partial charge is 0.352 e. The molecule has 162 valence electrons. The Morgan fingerprint density at radius 2 is 1.71 bits per heavy atom. The van der Waals surface area contributed by atoms with Crippen LogP contribution in [0, 0.1) is 0 Å². The third-order valence-electron chi connectivity index (χ3n) is 5.73. The summed E-state index contributed by atoms with van der Waals surface area (Å²) in [5, 5.41) is 3.80. The number of fused-ring (bicyclic) bond motifs is 1. The lowest BCUT2D eigenvalue weighted by Gasteiger charge is -2.26. The van der Waals surface area contributed by atoms with Gasteiger partial charge in [0.1, 0.15) is 10.9 Å². The fraction of sp³-hybridized carbons (Fsp3) is 0.333. The average molecular weight is 438 g/mol. The van der Waals surface area contributed by atoms with Crippen LogP contribution in [0.2, 0.25) is 0 Å². The molecule has 1 fully saturated rings. The molecule has 1 amide bonds. The first-order valence-corrected chi connectivity index (χ1v) is 12.2. The Balaban J connectivity index is 1.61. The highest BCUT2D eigenvalue weighted by molar-refractivity contribution is 7.89. The number of benzene rings is 2. The van der Waals surface area contributed by atoms with Crippen LogP contribution in [0.15, 0.2) is 71.8 Å². The standard InChI is InChI=1S/C24H27N3O3S/c28-24(26-20-13-5-2-6-14-20)21(17-18-9-3-1-4-10-18)27-31(29,30)22-15-7-11-19-12-8-16-25-23(19)22/h1,3-4,7-12,15-16,20-21,27H,2,5-6,13-14,17H2,(H,26,28)/t21-/m0/s1. The number of hydrogen-bond acceptors (Lipinski definition) is 4. The van der Waals surface area contributed by atoms with Gasteiger partial charge in [-0.15, -0.1) is 0 Å². The highest BCUT2D eigenvalue weighted by Gasteiger charge is 2.29. The van der Waals surface area contributed by atoms with Crippen LogP contribution in [0.4, 0.5) is 0 Å². The summed E-state index contributed by atoms with van der Waals surface area (Å²) in [6, 6.07) is 17.3. The van der Waals surface area contributed by atoms with E-state index < -0.39 is 16.1 Å². The summed E-state index contributed by atoms with van der Waals surface area (Å²) in [4.78, 5) is 17.5. The molecular weight excluding hydrogens is 410 g/mol. The summed E-state index contributed by atoms with van der Waals surface area (Å²) in [5.74, 6) is -0.285. The third kappa shape index (κ3) is 5.29. The molecule has 1 aliphatic rings. The van der Waals surface area contributed by atoms with E-state index in [0.29, 0.717) is 5.52 Å². The molecule has 1 atom stereocenters. The first-order valence-electron chi connectivity index (χ1n) is 10.7. The predicted octanol–water partition coefficient (Wildman–Crippen LogP) is 3.57. The number of aromatic nitrogens is 1. The number of amides is 1. The van der Waals surface area contributed by atoms with Crippen molar-refractivity contribution in [3.63, 3.8) is 0 Å². The number of pyridine rings is 1. The molecule has 7 heteroatoms. The molecule has 31 heavy (non-hydrogen) atoms. The molecule has 2 aromatic carbocycles. The van der Waals surface area contributed by atoms with Crippen molar-refractivity contribution >= 4 is 26.8 Å². The molecule has 1 saturated carbocycles. The van der Waals surface area contributed by atoms with Crippen LogP contribution in [0.5, 0.6) is 0 Å². The second-order valence-corrected chi connectivity index (χ2v) is 9.72. The van der Waals surface area contributed by atoms with E-state index in [2.05, 4.69) is 15.0 Å². The molecule has 1 aromatic heterocycles. The van der Waals surface area contributed by atoms with Gasteiger partial charge >= 0.3 is 0 Å². The summed E-state index contributed by atoms with van der Waals surface area (Å²) in [7, 11) is -3.97. The van der Waals surface area contributed by atoms with Crippen molar-refractivity contribution < 1.29 is 13.2 Å². The van der Waals surface area contributed by atoms with Crippen molar-refractivity contribution in [1.82, 2.24) is 15.0 Å². The van der Waals surface area contributed by atoms with Gasteiger partial charge in [-0.3, -0.25) is 9.78 Å². The van der Waals surface area contributed by atoms with Gasteiger partial charge in [0.05, 0.1) is 5.52 Å². The Hall–Kier alpha value is -2.77. The van der Waals surface area contributed by atoms with Crippen LogP contribution in [-0.2, 0) is 21.2 Å². The Kier molecular flexibility index (Phi) is 6.63. The van der Waals surface area contributed by atoms with Gasteiger partial charge in [-0.05, 0) is 37.0 Å². The zero-order valence-corrected chi connectivity index (χ0v) is 18.1. The minimum Gasteiger partial charge on any atom is -0.352 e. The number of nitrogens with zero attached hydrogens (tertiary/aromatic N) is 1. The third-order valence-corrected chi connectivity index (χ3v) is 7.24. The SMILES string of the molecule is O=C(NC1CCCCC1)[C@H](Cc1ccccc1)NS(=O)(=O)c1cccc2cccnc12. The van der Waals surface area contributed by atoms with Crippen LogP contribution in [-0.4, -0.2) is 31.4 Å². The van der Waals surface area contributed by atoms with E-state index in [4.69, 9.17) is 0 Å². The summed E-state index contributed by atoms with van der Waals surface area (Å²) in [6.07, 6.45) is 7.06. The number of hydrogen-bond donors (Lipinski definition) is 2. The Morgan fingerprint density at radius 3 is 2.48 bits per heavy atom. The first kappa shape index (κ1) is 21.5. The molecular formula is C24H27N3O3S. The monoisotopic (exact) mass is 437 g/mol. The van der Waals surface area contributed by atoms with Crippen molar-refractivity contribution in [2.24, 2.45) is 0 Å². The van der Waals surface area contributed by atoms with Gasteiger partial charge in [-0.25, -0.2) is 8.42 Å². The maximum absolute atomic E-state index is 13.3. The lowest BCUT2D eigenvalue weighted by atomic mass is 9.95. The van der Waals surface area contributed by atoms with Crippen LogP contribution < -0.4 is 10.0 Å². The van der Waals surface area contributed by atoms with Gasteiger partial charge in [0.2, 0.25) is 15.9 Å². The number of nitrogens with one attached hydrogen (secondary N) is 2. The van der Waals surface area contributed by atoms with Gasteiger partial charge in [0.15, 0.2) is 0 Å². The Bertz CT molecular complexity index is 1140. The molecule has 0 saturated heterocycles. The molecule has 6 nitrogen and oxygen atoms in total. The summed E-state index contributed by atoms with van der Waals surface area (Å²) >= 11 is 0. The zero-order chi connectivity index (χ0) is 21.7. The number of carbonyl (C=O) groups is 1. The molecule has 0 aliphatic heterocycles. The van der Waals surface area contributed by atoms with Gasteiger partial charge in [-0.2, -0.15) is 4.72 Å². The number of carbonyl (C=O) groups excluding carboxylic acids is 1. The van der Waals surface area contributed by atoms with Crippen LogP contribution in [0.25, 0.3) is 10.9 Å². The van der Waals surface area contributed by atoms with E-state index in [-0.39, 0.29) is 23.3 Å². The minimum absolute atomic E-state index is 0.0779. The normalized spacial score (nSPS) is 16.1. The van der Waals surface area contributed by atoms with Crippen LogP contribution >= 0.6 is 0 Å². The van der Waals surface area contributed by atoms with Crippen molar-refractivity contribution in [1.29, 1.82) is 0 Å². The van der Waals surface area contributed by atoms with Crippen molar-refractivity contribution in [2.75, 3.05) is 0 Å². The lowest BCUT2D eigenvalue weighted by Crippen LogP contribution is -2.51. The van der Waals surface area contributed by atoms with E-state index >= 15 is 0 Å². The first-order chi connectivity index (χ1) is 15.0. The summed E-state index contributed by atoms with van der Waals surface area (Å²) < 4.78 is 29.3. The summed E-state index contributed by atoms with van der Waals surface area (Å²) in [5.41, 5.74) is 1.29. The Morgan fingerprint density at radius 1 is 0.968 bits per heavy atom. The maximum atomic E-state index is 13.3. The van der Waals surface area contributed by atoms with Gasteiger partial charge in [0, 0.05) is 17.6 Å². The second kappa shape index (κ2) is 9.58. The quantitative estimate of drug-likeness (QED) is 0.591. The molecule has 0 bridgehead atoms. The fourth-order valence-corrected chi connectivity index (χ4v) is 5.50. The predicted molar refractivity (Wildman–Crippen MR) is 121 cm³/mol. The van der Waals surface area contributed by atoms with Crippen molar-refractivity contribution in [2.45, 2.75) is 55.5 Å². The fourth-order valence-electron chi connectivity index (χ4n) is 4.13. The second-order valence-electron chi connectivity index (χ2n) is 8.04. The van der Waals surface area contributed by atoms with Crippen molar-refractivity contribution in [3.8, 4) is 0 Å². The van der Waals surface area contributed by atoms with E-state index in [1.165, 1.54) is 12.5 Å². The molecule has 3 aromatic rings. The maximum Gasteiger partial charge on any atom is 0.243 e. The molecule has 2 N–H and O–H groups in total. The van der Waals surface area contributed by atoms with Gasteiger partial charge in [-0.1, -0.05) is 67.8 Å². The molecule has 1 aliphatic carbocycles. The summed E-state index contributed by atoms with van der Waals surface area (Å²) in [6.45, 7) is 0. The number of sulfonamides is 1. The van der Waals surface area contributed by atoms with Gasteiger partial charge in [0.25, 0.3) is 0 Å². The molecule has 0 radical (unpaired) electrons. The van der Waals surface area contributed by atoms with Gasteiger partial charge < -0.3 is 5.32 Å². The van der Waals surface area contributed by atoms with E-state index in [0.717, 1.165) is 36.6 Å². The number of para-hydroxylation sites is 1. The number of rotatable bonds is 7. The molecule has 0 spiro atoms. The lowest BCUT2D eigenvalue weighted by molar-refractivity contribution is -0.123. The Labute approximate surface area is 183 Å². The van der Waals surface area contributed by atoms with Crippen LogP contribution in [0.3, 0.4) is 0 Å². The van der Waals surface area contributed by atoms with Crippen molar-refractivity contribution in [3.05, 3.63) is 72.4 Å².